The molecule has 0 saturated heterocycles. The summed E-state index contributed by atoms with van der Waals surface area (Å²) in [6, 6.07) is 0. The molecule has 5 N–H and O–H groups in total. The zero-order valence-electron chi connectivity index (χ0n) is 12.4. The van der Waals surface area contributed by atoms with E-state index < -0.39 is 17.7 Å². The summed E-state index contributed by atoms with van der Waals surface area (Å²) in [5.41, 5.74) is 0. The number of carbonyl (C=O) groups excluding carboxylic acids is 5. The van der Waals surface area contributed by atoms with Gasteiger partial charge in [-0.2, -0.15) is 0 Å². The minimum Gasteiger partial charge on any atom is -0.355 e. The Morgan fingerprint density at radius 3 is 1.55 bits per heavy atom. The van der Waals surface area contributed by atoms with Gasteiger partial charge >= 0.3 is 0 Å². The van der Waals surface area contributed by atoms with E-state index in [-0.39, 0.29) is 32.1 Å². The summed E-state index contributed by atoms with van der Waals surface area (Å²) in [5.74, 6) is -1.92. The van der Waals surface area contributed by atoms with Crippen molar-refractivity contribution < 1.29 is 24.0 Å². The second kappa shape index (κ2) is 12.1. The molecule has 22 heavy (non-hydrogen) atoms. The van der Waals surface area contributed by atoms with Gasteiger partial charge in [0, 0.05) is 6.54 Å². The van der Waals surface area contributed by atoms with Crippen LogP contribution in [0.2, 0.25) is 0 Å². The lowest BCUT2D eigenvalue weighted by molar-refractivity contribution is -0.128. The minimum atomic E-state index is -0.565. The summed E-state index contributed by atoms with van der Waals surface area (Å²) in [6.07, 6.45) is 1.16. The average molecular weight is 315 g/mol. The normalized spacial score (nSPS) is 9.32. The van der Waals surface area contributed by atoms with Gasteiger partial charge < -0.3 is 26.6 Å². The van der Waals surface area contributed by atoms with Crippen molar-refractivity contribution in [2.24, 2.45) is 0 Å². The van der Waals surface area contributed by atoms with E-state index in [0.29, 0.717) is 13.0 Å². The summed E-state index contributed by atoms with van der Waals surface area (Å²) in [6.45, 7) is 1.42. The first kappa shape index (κ1) is 19.4. The minimum absolute atomic E-state index is 0.164. The Morgan fingerprint density at radius 2 is 1.14 bits per heavy atom. The highest BCUT2D eigenvalue weighted by Crippen LogP contribution is 1.72. The van der Waals surface area contributed by atoms with Gasteiger partial charge in [-0.15, -0.1) is 0 Å². The van der Waals surface area contributed by atoms with Crippen molar-refractivity contribution in [2.45, 2.75) is 13.3 Å². The van der Waals surface area contributed by atoms with Crippen LogP contribution in [0.5, 0.6) is 0 Å². The molecule has 0 rings (SSSR count). The van der Waals surface area contributed by atoms with Gasteiger partial charge in [0.1, 0.15) is 0 Å². The molecule has 0 aromatic carbocycles. The fraction of sp³-hybridized carbons (Fsp3) is 0.583. The molecule has 10 nitrogen and oxygen atoms in total. The van der Waals surface area contributed by atoms with Gasteiger partial charge in [0.25, 0.3) is 0 Å². The van der Waals surface area contributed by atoms with Crippen LogP contribution >= 0.6 is 0 Å². The summed E-state index contributed by atoms with van der Waals surface area (Å²) in [7, 11) is 0. The molecule has 0 fully saturated rings. The first-order valence-electron chi connectivity index (χ1n) is 6.73. The third-order valence-corrected chi connectivity index (χ3v) is 2.26. The Kier molecular flexibility index (Phi) is 10.7. The summed E-state index contributed by atoms with van der Waals surface area (Å²) in [4.78, 5) is 54.9. The van der Waals surface area contributed by atoms with E-state index in [0.717, 1.165) is 6.42 Å². The number of amides is 5. The van der Waals surface area contributed by atoms with Crippen LogP contribution in [0.1, 0.15) is 13.3 Å². The molecule has 0 radical (unpaired) electrons. The van der Waals surface area contributed by atoms with Crippen LogP contribution in [0.15, 0.2) is 0 Å². The van der Waals surface area contributed by atoms with Crippen molar-refractivity contribution in [1.29, 1.82) is 0 Å². The Hall–Kier alpha value is -2.65. The van der Waals surface area contributed by atoms with Crippen LogP contribution in [-0.2, 0) is 24.0 Å². The number of hydrogen-bond donors (Lipinski definition) is 5. The molecule has 0 heterocycles. The fourth-order valence-electron chi connectivity index (χ4n) is 1.19. The first-order valence-corrected chi connectivity index (χ1v) is 6.73. The quantitative estimate of drug-likeness (QED) is 0.252. The van der Waals surface area contributed by atoms with E-state index in [1.807, 2.05) is 6.92 Å². The Balaban J connectivity index is 3.72. The van der Waals surface area contributed by atoms with Gasteiger partial charge in [-0.05, 0) is 6.42 Å². The highest BCUT2D eigenvalue weighted by Gasteiger charge is 2.08. The maximum atomic E-state index is 11.4. The SMILES string of the molecule is CCCNC(=O)CNC(=O)CNC(=O)CNC(=O)CNC=O. The van der Waals surface area contributed by atoms with Crippen LogP contribution in [-0.4, -0.2) is 62.8 Å². The highest BCUT2D eigenvalue weighted by atomic mass is 16.2. The van der Waals surface area contributed by atoms with Crippen molar-refractivity contribution >= 4 is 30.0 Å². The Morgan fingerprint density at radius 1 is 0.727 bits per heavy atom. The molecule has 0 aliphatic carbocycles. The van der Waals surface area contributed by atoms with Crippen LogP contribution < -0.4 is 26.6 Å². The van der Waals surface area contributed by atoms with E-state index in [4.69, 9.17) is 0 Å². The maximum absolute atomic E-state index is 11.4. The molecule has 5 amide bonds. The summed E-state index contributed by atoms with van der Waals surface area (Å²) >= 11 is 0. The largest absolute Gasteiger partial charge is 0.355 e. The molecule has 0 saturated carbocycles. The third-order valence-electron chi connectivity index (χ3n) is 2.26. The van der Waals surface area contributed by atoms with E-state index in [2.05, 4.69) is 26.6 Å². The lowest BCUT2D eigenvalue weighted by Crippen LogP contribution is -2.45. The standard InChI is InChI=1S/C12H21N5O5/c1-2-3-14-10(20)5-16-12(22)7-17-11(21)6-15-9(19)4-13-8-18/h8H,2-7H2,1H3,(H,13,18)(H,14,20)(H,15,19)(H,16,22)(H,17,21). The van der Waals surface area contributed by atoms with Gasteiger partial charge in [-0.25, -0.2) is 0 Å². The monoisotopic (exact) mass is 315 g/mol. The Labute approximate surface area is 127 Å². The second-order valence-corrected chi connectivity index (χ2v) is 4.18. The van der Waals surface area contributed by atoms with E-state index in [9.17, 15) is 24.0 Å². The van der Waals surface area contributed by atoms with Crippen LogP contribution in [0.25, 0.3) is 0 Å². The van der Waals surface area contributed by atoms with Gasteiger partial charge in [0.05, 0.1) is 26.2 Å². The maximum Gasteiger partial charge on any atom is 0.239 e. The molecule has 0 aliphatic rings. The van der Waals surface area contributed by atoms with Crippen molar-refractivity contribution in [2.75, 3.05) is 32.7 Å². The highest BCUT2D eigenvalue weighted by molar-refractivity contribution is 5.90. The topological polar surface area (TPSA) is 146 Å². The Bertz CT molecular complexity index is 413. The molecule has 10 heteroatoms. The molecule has 124 valence electrons. The van der Waals surface area contributed by atoms with Crippen molar-refractivity contribution in [3.05, 3.63) is 0 Å². The van der Waals surface area contributed by atoms with Gasteiger partial charge in [-0.3, -0.25) is 24.0 Å². The molecule has 0 aromatic rings. The molecule has 0 spiro atoms. The lowest BCUT2D eigenvalue weighted by atomic mass is 10.4. The molecular weight excluding hydrogens is 294 g/mol. The van der Waals surface area contributed by atoms with Crippen molar-refractivity contribution in [3.8, 4) is 0 Å². The zero-order chi connectivity index (χ0) is 16.8. The van der Waals surface area contributed by atoms with Gasteiger partial charge in [0.2, 0.25) is 30.0 Å². The molecule has 0 unspecified atom stereocenters. The predicted molar refractivity (Wildman–Crippen MR) is 76.4 cm³/mol. The fourth-order valence-corrected chi connectivity index (χ4v) is 1.19. The van der Waals surface area contributed by atoms with Crippen molar-refractivity contribution in [3.63, 3.8) is 0 Å². The van der Waals surface area contributed by atoms with E-state index in [1.165, 1.54) is 0 Å². The zero-order valence-corrected chi connectivity index (χ0v) is 12.4. The first-order chi connectivity index (χ1) is 10.5. The van der Waals surface area contributed by atoms with Gasteiger partial charge in [0.15, 0.2) is 0 Å². The predicted octanol–water partition coefficient (Wildman–Crippen LogP) is -3.39. The smallest absolute Gasteiger partial charge is 0.239 e. The van der Waals surface area contributed by atoms with Crippen LogP contribution in [0.4, 0.5) is 0 Å². The van der Waals surface area contributed by atoms with Crippen molar-refractivity contribution in [1.82, 2.24) is 26.6 Å². The second-order valence-electron chi connectivity index (χ2n) is 4.18. The molecule has 0 atom stereocenters. The van der Waals surface area contributed by atoms with Gasteiger partial charge in [-0.1, -0.05) is 6.92 Å². The molecule has 0 bridgehead atoms. The lowest BCUT2D eigenvalue weighted by Gasteiger charge is -2.08. The van der Waals surface area contributed by atoms with E-state index in [1.54, 1.807) is 0 Å². The number of rotatable bonds is 11. The summed E-state index contributed by atoms with van der Waals surface area (Å²) in [5, 5.41) is 11.6. The van der Waals surface area contributed by atoms with E-state index >= 15 is 0 Å². The molecular formula is C12H21N5O5. The summed E-state index contributed by atoms with van der Waals surface area (Å²) < 4.78 is 0. The van der Waals surface area contributed by atoms with Crippen LogP contribution in [0.3, 0.4) is 0 Å². The molecule has 0 aliphatic heterocycles. The number of nitrogens with one attached hydrogen (secondary N) is 5. The third kappa shape index (κ3) is 11.2. The van der Waals surface area contributed by atoms with Crippen LogP contribution in [0, 0.1) is 0 Å². The number of hydrogen-bond acceptors (Lipinski definition) is 5. The molecule has 0 aromatic heterocycles. The average Bonchev–Trinajstić information content (AvgIpc) is 2.52. The number of carbonyl (C=O) groups is 5.